The molecule has 0 aliphatic carbocycles. The highest BCUT2D eigenvalue weighted by molar-refractivity contribution is 5.53. The molecule has 134 valence electrons. The molecule has 25 heavy (non-hydrogen) atoms. The van der Waals surface area contributed by atoms with Crippen molar-refractivity contribution in [3.63, 3.8) is 0 Å². The summed E-state index contributed by atoms with van der Waals surface area (Å²) in [6.45, 7) is 0. The molecule has 6 nitrogen and oxygen atoms in total. The van der Waals surface area contributed by atoms with E-state index >= 15 is 0 Å². The summed E-state index contributed by atoms with van der Waals surface area (Å²) < 4.78 is 27.4. The van der Waals surface area contributed by atoms with Crippen LogP contribution in [0.3, 0.4) is 0 Å². The number of rotatable bonds is 5. The number of benzene rings is 2. The Morgan fingerprint density at radius 3 is 2.24 bits per heavy atom. The molecule has 0 saturated heterocycles. The third-order valence-electron chi connectivity index (χ3n) is 4.35. The minimum Gasteiger partial charge on any atom is -0.496 e. The fourth-order valence-corrected chi connectivity index (χ4v) is 3.05. The monoisotopic (exact) mass is 346 g/mol. The van der Waals surface area contributed by atoms with E-state index in [-0.39, 0.29) is 0 Å². The Morgan fingerprint density at radius 1 is 0.880 bits per heavy atom. The van der Waals surface area contributed by atoms with E-state index in [1.54, 1.807) is 46.6 Å². The van der Waals surface area contributed by atoms with Gasteiger partial charge in [-0.3, -0.25) is 0 Å². The highest BCUT2D eigenvalue weighted by atomic mass is 16.5. The molecule has 2 atom stereocenters. The van der Waals surface area contributed by atoms with E-state index in [2.05, 4.69) is 0 Å². The van der Waals surface area contributed by atoms with Crippen molar-refractivity contribution in [1.29, 1.82) is 0 Å². The Hall–Kier alpha value is -2.60. The van der Waals surface area contributed by atoms with Gasteiger partial charge in [-0.25, -0.2) is 0 Å². The lowest BCUT2D eigenvalue weighted by Crippen LogP contribution is -2.30. The van der Waals surface area contributed by atoms with Crippen molar-refractivity contribution in [2.45, 2.75) is 18.6 Å². The van der Waals surface area contributed by atoms with Gasteiger partial charge in [0.25, 0.3) is 0 Å². The molecule has 1 aliphatic heterocycles. The molecule has 3 rings (SSSR count). The first-order valence-corrected chi connectivity index (χ1v) is 7.92. The highest BCUT2D eigenvalue weighted by Crippen LogP contribution is 2.43. The van der Waals surface area contributed by atoms with Gasteiger partial charge in [-0.05, 0) is 17.7 Å². The summed E-state index contributed by atoms with van der Waals surface area (Å²) in [7, 11) is 6.33. The van der Waals surface area contributed by atoms with Gasteiger partial charge in [0, 0.05) is 24.1 Å². The summed E-state index contributed by atoms with van der Waals surface area (Å²) >= 11 is 0. The van der Waals surface area contributed by atoms with Gasteiger partial charge in [-0.15, -0.1) is 0 Å². The minimum atomic E-state index is -0.715. The van der Waals surface area contributed by atoms with E-state index in [1.165, 1.54) is 0 Å². The van der Waals surface area contributed by atoms with E-state index < -0.39 is 12.2 Å². The summed E-state index contributed by atoms with van der Waals surface area (Å²) in [4.78, 5) is 0. The Bertz CT molecular complexity index is 758. The maximum Gasteiger partial charge on any atom is 0.161 e. The summed E-state index contributed by atoms with van der Waals surface area (Å²) in [5.41, 5.74) is 1.63. The molecular formula is C19H22O6. The van der Waals surface area contributed by atoms with Crippen LogP contribution in [0.2, 0.25) is 0 Å². The highest BCUT2D eigenvalue weighted by Gasteiger charge is 2.33. The SMILES string of the molecule is COc1cc(OC)c2c(c1)OC(c1ccc(OC)c(OC)c1)[C@H](O)C2. The largest absolute Gasteiger partial charge is 0.496 e. The average molecular weight is 346 g/mol. The fourth-order valence-electron chi connectivity index (χ4n) is 3.05. The van der Waals surface area contributed by atoms with Gasteiger partial charge in [0.2, 0.25) is 0 Å². The molecule has 0 radical (unpaired) electrons. The van der Waals surface area contributed by atoms with Crippen LogP contribution in [0, 0.1) is 0 Å². The molecule has 0 amide bonds. The van der Waals surface area contributed by atoms with Crippen molar-refractivity contribution in [3.05, 3.63) is 41.5 Å². The first-order valence-electron chi connectivity index (χ1n) is 7.92. The number of methoxy groups -OCH3 is 4. The van der Waals surface area contributed by atoms with Gasteiger partial charge < -0.3 is 28.8 Å². The molecule has 1 unspecified atom stereocenters. The van der Waals surface area contributed by atoms with Crippen molar-refractivity contribution in [2.75, 3.05) is 28.4 Å². The lowest BCUT2D eigenvalue weighted by atomic mass is 9.94. The zero-order chi connectivity index (χ0) is 18.0. The molecule has 0 fully saturated rings. The lowest BCUT2D eigenvalue weighted by Gasteiger charge is -2.32. The Balaban J connectivity index is 1.99. The minimum absolute atomic E-state index is 0.418. The van der Waals surface area contributed by atoms with Crippen LogP contribution < -0.4 is 23.7 Å². The molecule has 1 N–H and O–H groups in total. The van der Waals surface area contributed by atoms with Crippen LogP contribution in [0.15, 0.2) is 30.3 Å². The standard InChI is InChI=1S/C19H22O6/c1-21-12-8-16(23-3)13-10-14(20)19(25-17(13)9-12)11-5-6-15(22-2)18(7-11)24-4/h5-9,14,19-20H,10H2,1-4H3/t14-,19?/m1/s1. The number of aliphatic hydroxyl groups excluding tert-OH is 1. The van der Waals surface area contributed by atoms with Crippen molar-refractivity contribution >= 4 is 0 Å². The molecular weight excluding hydrogens is 324 g/mol. The van der Waals surface area contributed by atoms with E-state index in [0.717, 1.165) is 11.1 Å². The molecule has 0 aromatic heterocycles. The van der Waals surface area contributed by atoms with Gasteiger partial charge in [0.05, 0.1) is 34.5 Å². The summed E-state index contributed by atoms with van der Waals surface area (Å²) in [5, 5.41) is 10.6. The molecule has 2 aromatic carbocycles. The van der Waals surface area contributed by atoms with Crippen molar-refractivity contribution in [2.24, 2.45) is 0 Å². The molecule has 0 saturated carbocycles. The molecule has 2 aromatic rings. The molecule has 0 bridgehead atoms. The Morgan fingerprint density at radius 2 is 1.60 bits per heavy atom. The fraction of sp³-hybridized carbons (Fsp3) is 0.368. The maximum atomic E-state index is 10.6. The van der Waals surface area contributed by atoms with E-state index in [4.69, 9.17) is 23.7 Å². The number of aliphatic hydroxyl groups is 1. The van der Waals surface area contributed by atoms with Gasteiger partial charge in [0.1, 0.15) is 23.4 Å². The first kappa shape index (κ1) is 17.2. The van der Waals surface area contributed by atoms with Crippen LogP contribution >= 0.6 is 0 Å². The molecule has 0 spiro atoms. The normalized spacial score (nSPS) is 18.8. The molecule has 6 heteroatoms. The third kappa shape index (κ3) is 3.17. The second-order valence-electron chi connectivity index (χ2n) is 5.73. The van der Waals surface area contributed by atoms with E-state index in [0.29, 0.717) is 35.2 Å². The number of hydrogen-bond acceptors (Lipinski definition) is 6. The van der Waals surface area contributed by atoms with Crippen molar-refractivity contribution < 1.29 is 28.8 Å². The van der Waals surface area contributed by atoms with Crippen molar-refractivity contribution in [3.8, 4) is 28.7 Å². The van der Waals surface area contributed by atoms with Crippen molar-refractivity contribution in [1.82, 2.24) is 0 Å². The molecule has 1 heterocycles. The zero-order valence-corrected chi connectivity index (χ0v) is 14.7. The zero-order valence-electron chi connectivity index (χ0n) is 14.7. The van der Waals surface area contributed by atoms with Crippen LogP contribution in [-0.4, -0.2) is 39.6 Å². The summed E-state index contributed by atoms with van der Waals surface area (Å²) in [6, 6.07) is 9.06. The van der Waals surface area contributed by atoms with E-state index in [1.807, 2.05) is 12.1 Å². The Labute approximate surface area is 146 Å². The predicted molar refractivity (Wildman–Crippen MR) is 92.2 cm³/mol. The summed E-state index contributed by atoms with van der Waals surface area (Å²) in [5.74, 6) is 3.13. The van der Waals surface area contributed by atoms with Crippen LogP contribution in [-0.2, 0) is 6.42 Å². The van der Waals surface area contributed by atoms with E-state index in [9.17, 15) is 5.11 Å². The van der Waals surface area contributed by atoms with Gasteiger partial charge in [0.15, 0.2) is 11.5 Å². The quantitative estimate of drug-likeness (QED) is 0.898. The second-order valence-corrected chi connectivity index (χ2v) is 5.73. The lowest BCUT2D eigenvalue weighted by molar-refractivity contribution is 0.0196. The van der Waals surface area contributed by atoms with Crippen LogP contribution in [0.1, 0.15) is 17.2 Å². The van der Waals surface area contributed by atoms with Crippen LogP contribution in [0.4, 0.5) is 0 Å². The van der Waals surface area contributed by atoms with Gasteiger partial charge >= 0.3 is 0 Å². The average Bonchev–Trinajstić information content (AvgIpc) is 2.66. The smallest absolute Gasteiger partial charge is 0.161 e. The summed E-state index contributed by atoms with van der Waals surface area (Å²) in [6.07, 6.45) is -0.821. The van der Waals surface area contributed by atoms with Crippen LogP contribution in [0.25, 0.3) is 0 Å². The Kier molecular flexibility index (Phi) is 4.90. The first-order chi connectivity index (χ1) is 12.1. The van der Waals surface area contributed by atoms with Crippen LogP contribution in [0.5, 0.6) is 28.7 Å². The predicted octanol–water partition coefficient (Wildman–Crippen LogP) is 2.76. The number of fused-ring (bicyclic) bond motifs is 1. The molecule has 1 aliphatic rings. The van der Waals surface area contributed by atoms with Gasteiger partial charge in [-0.2, -0.15) is 0 Å². The number of ether oxygens (including phenoxy) is 5. The third-order valence-corrected chi connectivity index (χ3v) is 4.35. The maximum absolute atomic E-state index is 10.6. The topological polar surface area (TPSA) is 66.4 Å². The number of hydrogen-bond donors (Lipinski definition) is 1. The second kappa shape index (κ2) is 7.11. The van der Waals surface area contributed by atoms with Gasteiger partial charge in [-0.1, -0.05) is 6.07 Å².